The summed E-state index contributed by atoms with van der Waals surface area (Å²) < 4.78 is 99.0. The number of nitrogens with one attached hydrogen (secondary N) is 1. The molecule has 254 valence electrons. The quantitative estimate of drug-likeness (QED) is 0.243. The third kappa shape index (κ3) is 9.06. The summed E-state index contributed by atoms with van der Waals surface area (Å²) in [6.45, 7) is 0.281. The van der Waals surface area contributed by atoms with E-state index in [1.807, 2.05) is 30.3 Å². The Bertz CT molecular complexity index is 1630. The number of nitrogens with two attached hydrogens (primary N) is 1. The summed E-state index contributed by atoms with van der Waals surface area (Å²) in [6, 6.07) is 17.0. The molecule has 2 bridgehead atoms. The van der Waals surface area contributed by atoms with Crippen molar-refractivity contribution < 1.29 is 49.8 Å². The van der Waals surface area contributed by atoms with Crippen molar-refractivity contribution in [2.45, 2.75) is 73.5 Å². The van der Waals surface area contributed by atoms with Crippen molar-refractivity contribution in [2.75, 3.05) is 0 Å². The number of amides is 1. The van der Waals surface area contributed by atoms with Crippen LogP contribution in [0.5, 0.6) is 5.75 Å². The molecule has 3 aromatic rings. The Morgan fingerprint density at radius 2 is 1.47 bits per heavy atom. The summed E-state index contributed by atoms with van der Waals surface area (Å²) in [5, 5.41) is 7.12. The number of hydrogen-bond acceptors (Lipinski definition) is 6. The first kappa shape index (κ1) is 36.2. The third-order valence-electron chi connectivity index (χ3n) is 7.76. The number of carboxylic acids is 1. The van der Waals surface area contributed by atoms with Crippen LogP contribution in [0.15, 0.2) is 88.2 Å². The summed E-state index contributed by atoms with van der Waals surface area (Å²) in [7, 11) is -4.52. The van der Waals surface area contributed by atoms with Gasteiger partial charge in [0.25, 0.3) is 5.92 Å². The summed E-state index contributed by atoms with van der Waals surface area (Å²) in [5.41, 5.74) is 6.58. The molecule has 9 nitrogen and oxygen atoms in total. The van der Waals surface area contributed by atoms with Gasteiger partial charge < -0.3 is 20.5 Å². The molecular weight excluding hydrogens is 717 g/mol. The molecule has 0 aromatic heterocycles. The second-order valence-electron chi connectivity index (χ2n) is 11.1. The van der Waals surface area contributed by atoms with Crippen LogP contribution in [0.25, 0.3) is 0 Å². The van der Waals surface area contributed by atoms with Crippen molar-refractivity contribution in [2.24, 2.45) is 5.73 Å². The first-order chi connectivity index (χ1) is 22.0. The molecule has 3 atom stereocenters. The topological polar surface area (TPSA) is 139 Å². The molecule has 2 saturated heterocycles. The van der Waals surface area contributed by atoms with E-state index in [-0.39, 0.29) is 29.6 Å². The smallest absolute Gasteiger partial charge is 0.489 e. The molecule has 5 rings (SSSR count). The normalized spacial score (nSPS) is 20.1. The van der Waals surface area contributed by atoms with Crippen molar-refractivity contribution in [3.05, 3.63) is 94.5 Å². The lowest BCUT2D eigenvalue weighted by atomic mass is 9.95. The Balaban J connectivity index is 0.000000644. The van der Waals surface area contributed by atoms with Crippen molar-refractivity contribution in [1.29, 1.82) is 0 Å². The van der Waals surface area contributed by atoms with E-state index < -0.39 is 45.6 Å². The lowest BCUT2D eigenvalue weighted by Crippen LogP contribution is -2.60. The predicted octanol–water partition coefficient (Wildman–Crippen LogP) is 5.58. The first-order valence-electron chi connectivity index (χ1n) is 14.3. The molecule has 2 fully saturated rings. The molecule has 16 heteroatoms. The molecule has 2 heterocycles. The number of sulfonamides is 1. The molecule has 0 saturated carbocycles. The van der Waals surface area contributed by atoms with Gasteiger partial charge in [0, 0.05) is 28.2 Å². The molecular formula is C31H31BrF5N3O6S. The molecule has 1 amide bonds. The summed E-state index contributed by atoms with van der Waals surface area (Å²) in [6.07, 6.45) is -2.79. The number of benzene rings is 3. The molecule has 2 aliphatic heterocycles. The van der Waals surface area contributed by atoms with E-state index in [4.69, 9.17) is 20.4 Å². The van der Waals surface area contributed by atoms with Gasteiger partial charge in [-0.05, 0) is 67.6 Å². The molecule has 0 spiro atoms. The number of rotatable bonds is 9. The average molecular weight is 749 g/mol. The van der Waals surface area contributed by atoms with Crippen molar-refractivity contribution in [3.63, 3.8) is 0 Å². The van der Waals surface area contributed by atoms with Gasteiger partial charge in [-0.15, -0.1) is 0 Å². The standard InChI is InChI=1S/C29H30BrF2N3O4S.C2HF3O2/c30-21-8-6-20(7-9-21)29(31,32)27(28(36)35-23-10-11-24(35)17-22(33)16-23)34-40(37,38)26-14-12-25(13-15-26)39-18-19-4-2-1-3-5-19;3-2(4,5)1(6)7/h1-9,12-15,22-24,27,34H,10-11,16-18,33H2;(H,6,7)/t22?,23?,24?,27-;/m0./s1. The van der Waals surface area contributed by atoms with E-state index in [2.05, 4.69) is 20.7 Å². The number of alkyl halides is 5. The second kappa shape index (κ2) is 14.7. The zero-order valence-corrected chi connectivity index (χ0v) is 26.9. The number of piperidine rings is 1. The number of ether oxygens (including phenoxy) is 1. The van der Waals surface area contributed by atoms with Gasteiger partial charge in [-0.25, -0.2) is 13.2 Å². The van der Waals surface area contributed by atoms with Crippen LogP contribution in [-0.4, -0.2) is 60.6 Å². The molecule has 0 radical (unpaired) electrons. The highest BCUT2D eigenvalue weighted by molar-refractivity contribution is 9.10. The van der Waals surface area contributed by atoms with Crippen LogP contribution in [0, 0.1) is 0 Å². The van der Waals surface area contributed by atoms with E-state index in [0.717, 1.165) is 5.56 Å². The largest absolute Gasteiger partial charge is 0.490 e. The fourth-order valence-electron chi connectivity index (χ4n) is 5.53. The molecule has 3 aromatic carbocycles. The van der Waals surface area contributed by atoms with Gasteiger partial charge in [0.15, 0.2) is 6.04 Å². The Morgan fingerprint density at radius 3 is 1.98 bits per heavy atom. The van der Waals surface area contributed by atoms with Crippen LogP contribution in [0.3, 0.4) is 0 Å². The molecule has 2 aliphatic rings. The first-order valence-corrected chi connectivity index (χ1v) is 16.6. The van der Waals surface area contributed by atoms with Gasteiger partial charge in [-0.3, -0.25) is 4.79 Å². The van der Waals surface area contributed by atoms with Crippen LogP contribution in [0.1, 0.15) is 36.8 Å². The maximum absolute atomic E-state index is 16.0. The van der Waals surface area contributed by atoms with Gasteiger partial charge in [0.05, 0.1) is 4.90 Å². The van der Waals surface area contributed by atoms with Crippen LogP contribution in [0.4, 0.5) is 22.0 Å². The molecule has 4 N–H and O–H groups in total. The zero-order valence-electron chi connectivity index (χ0n) is 24.5. The number of carbonyl (C=O) groups is 2. The van der Waals surface area contributed by atoms with Crippen LogP contribution in [0.2, 0.25) is 0 Å². The average Bonchev–Trinajstić information content (AvgIpc) is 3.29. The van der Waals surface area contributed by atoms with E-state index in [1.165, 1.54) is 53.4 Å². The number of carboxylic acid groups (broad SMARTS) is 1. The summed E-state index contributed by atoms with van der Waals surface area (Å²) in [5.74, 6) is -7.12. The Labute approximate surface area is 276 Å². The fraction of sp³-hybridized carbons (Fsp3) is 0.355. The SMILES string of the molecule is NC1CC2CCC(C1)N2C(=O)[C@H](NS(=O)(=O)c1ccc(OCc2ccccc2)cc1)C(F)(F)c1ccc(Br)cc1.O=C(O)C(F)(F)F. The zero-order chi connectivity index (χ0) is 34.6. The number of carbonyl (C=O) groups excluding carboxylic acids is 1. The van der Waals surface area contributed by atoms with Crippen molar-refractivity contribution in [1.82, 2.24) is 9.62 Å². The highest BCUT2D eigenvalue weighted by Crippen LogP contribution is 2.40. The number of fused-ring (bicyclic) bond motifs is 2. The van der Waals surface area contributed by atoms with Gasteiger partial charge in [0.1, 0.15) is 12.4 Å². The van der Waals surface area contributed by atoms with Crippen LogP contribution >= 0.6 is 15.9 Å². The highest BCUT2D eigenvalue weighted by atomic mass is 79.9. The minimum Gasteiger partial charge on any atom is -0.489 e. The van der Waals surface area contributed by atoms with Crippen molar-refractivity contribution >= 4 is 37.8 Å². The summed E-state index contributed by atoms with van der Waals surface area (Å²) >= 11 is 3.23. The number of hydrogen-bond donors (Lipinski definition) is 3. The van der Waals surface area contributed by atoms with Gasteiger partial charge in [-0.1, -0.05) is 58.4 Å². The molecule has 2 unspecified atom stereocenters. The van der Waals surface area contributed by atoms with Crippen LogP contribution in [-0.2, 0) is 32.1 Å². The maximum Gasteiger partial charge on any atom is 0.490 e. The van der Waals surface area contributed by atoms with Crippen LogP contribution < -0.4 is 15.2 Å². The Morgan fingerprint density at radius 1 is 0.936 bits per heavy atom. The minimum absolute atomic E-state index is 0.119. The second-order valence-corrected chi connectivity index (χ2v) is 13.7. The lowest BCUT2D eigenvalue weighted by Gasteiger charge is -2.41. The van der Waals surface area contributed by atoms with Gasteiger partial charge in [-0.2, -0.15) is 26.7 Å². The maximum atomic E-state index is 16.0. The summed E-state index contributed by atoms with van der Waals surface area (Å²) in [4.78, 5) is 23.9. The van der Waals surface area contributed by atoms with E-state index in [0.29, 0.717) is 35.9 Å². The monoisotopic (exact) mass is 747 g/mol. The van der Waals surface area contributed by atoms with E-state index >= 15 is 8.78 Å². The molecule has 0 aliphatic carbocycles. The molecule has 47 heavy (non-hydrogen) atoms. The van der Waals surface area contributed by atoms with Crippen molar-refractivity contribution in [3.8, 4) is 5.75 Å². The van der Waals surface area contributed by atoms with Gasteiger partial charge in [0.2, 0.25) is 15.9 Å². The third-order valence-corrected chi connectivity index (χ3v) is 9.73. The number of aliphatic carboxylic acids is 1. The Kier molecular flexibility index (Phi) is 11.3. The predicted molar refractivity (Wildman–Crippen MR) is 164 cm³/mol. The highest BCUT2D eigenvalue weighted by Gasteiger charge is 2.53. The fourth-order valence-corrected chi connectivity index (χ4v) is 6.98. The number of halogens is 6. The van der Waals surface area contributed by atoms with Gasteiger partial charge >= 0.3 is 12.1 Å². The van der Waals surface area contributed by atoms with E-state index in [9.17, 15) is 26.4 Å². The minimum atomic E-state index is -5.08. The number of nitrogens with zero attached hydrogens (tertiary/aromatic N) is 1. The Hall–Kier alpha value is -3.60. The lowest BCUT2D eigenvalue weighted by molar-refractivity contribution is -0.192. The van der Waals surface area contributed by atoms with E-state index in [1.54, 1.807) is 0 Å².